The molecule has 0 aromatic heterocycles. The number of rotatable bonds is 10. The molecule has 38 heavy (non-hydrogen) atoms. The molecule has 218 valence electrons. The van der Waals surface area contributed by atoms with E-state index in [0.717, 1.165) is 6.08 Å². The summed E-state index contributed by atoms with van der Waals surface area (Å²) < 4.78 is 48.4. The molecule has 0 spiro atoms. The van der Waals surface area contributed by atoms with Gasteiger partial charge in [-0.1, -0.05) is 6.58 Å². The van der Waals surface area contributed by atoms with Crippen LogP contribution in [0.3, 0.4) is 0 Å². The monoisotopic (exact) mass is 590 g/mol. The molecule has 2 saturated heterocycles. The second-order valence-corrected chi connectivity index (χ2v) is 11.7. The Bertz CT molecular complexity index is 1010. The van der Waals surface area contributed by atoms with Crippen LogP contribution in [0.1, 0.15) is 0 Å². The van der Waals surface area contributed by atoms with Gasteiger partial charge in [-0.15, -0.1) is 0 Å². The number of phosphoric acid groups is 2. The minimum absolute atomic E-state index is 0.00973. The Morgan fingerprint density at radius 3 is 2.37 bits per heavy atom. The summed E-state index contributed by atoms with van der Waals surface area (Å²) >= 11 is 0. The number of likely N-dealkylation sites (N-methyl/N-ethyl adjacent to an activating group) is 1. The maximum absolute atomic E-state index is 12.3. The van der Waals surface area contributed by atoms with Crippen molar-refractivity contribution in [3.05, 3.63) is 24.7 Å². The van der Waals surface area contributed by atoms with Gasteiger partial charge in [-0.05, 0) is 14.1 Å². The van der Waals surface area contributed by atoms with E-state index in [1.54, 1.807) is 0 Å². The lowest BCUT2D eigenvalue weighted by atomic mass is 9.95. The van der Waals surface area contributed by atoms with Gasteiger partial charge in [-0.2, -0.15) is 0 Å². The third-order valence-electron chi connectivity index (χ3n) is 5.86. The molecule has 7 N–H and O–H groups in total. The van der Waals surface area contributed by atoms with Crippen LogP contribution in [0, 0.1) is 0 Å². The van der Waals surface area contributed by atoms with Gasteiger partial charge in [0.1, 0.15) is 42.4 Å². The van der Waals surface area contributed by atoms with E-state index in [1.807, 2.05) is 0 Å². The largest absolute Gasteiger partial charge is 0.756 e. The van der Waals surface area contributed by atoms with Gasteiger partial charge in [0.15, 0.2) is 12.5 Å². The second kappa shape index (κ2) is 12.1. The smallest absolute Gasteiger partial charge is 0.478 e. The first-order valence-electron chi connectivity index (χ1n) is 11.0. The molecule has 3 rings (SSSR count). The van der Waals surface area contributed by atoms with E-state index in [-0.39, 0.29) is 5.82 Å². The van der Waals surface area contributed by atoms with Crippen LogP contribution in [0.5, 0.6) is 0 Å². The Morgan fingerprint density at radius 1 is 1.13 bits per heavy atom. The molecule has 0 bridgehead atoms. The van der Waals surface area contributed by atoms with Crippen LogP contribution in [0.25, 0.3) is 0 Å². The van der Waals surface area contributed by atoms with Crippen molar-refractivity contribution in [1.82, 2.24) is 15.1 Å². The van der Waals surface area contributed by atoms with Crippen molar-refractivity contribution in [3.8, 4) is 0 Å². The molecule has 0 saturated carbocycles. The number of phosphoric ester groups is 2. The molecule has 0 radical (unpaired) electrons. The van der Waals surface area contributed by atoms with Gasteiger partial charge in [-0.3, -0.25) is 18.4 Å². The molecule has 3 aliphatic heterocycles. The fraction of sp³-hybridized carbons (Fsp3) is 0.722. The number of ether oxygens (including phenoxy) is 2. The fourth-order valence-electron chi connectivity index (χ4n) is 4.05. The van der Waals surface area contributed by atoms with Crippen molar-refractivity contribution in [1.29, 1.82) is 0 Å². The van der Waals surface area contributed by atoms with E-state index in [2.05, 4.69) is 25.3 Å². The van der Waals surface area contributed by atoms with Crippen molar-refractivity contribution < 1.29 is 72.1 Å². The molecule has 11 atom stereocenters. The number of carbonyl (C=O) groups is 1. The van der Waals surface area contributed by atoms with Gasteiger partial charge >= 0.3 is 7.82 Å². The van der Waals surface area contributed by atoms with Gasteiger partial charge < -0.3 is 59.9 Å². The molecule has 5 unspecified atom stereocenters. The number of carbonyl (C=O) groups excluding carboxylic acids is 1. The van der Waals surface area contributed by atoms with Crippen LogP contribution in [0.4, 0.5) is 0 Å². The highest BCUT2D eigenvalue weighted by molar-refractivity contribution is 7.60. The van der Waals surface area contributed by atoms with E-state index in [9.17, 15) is 49.2 Å². The third kappa shape index (κ3) is 7.06. The lowest BCUT2D eigenvalue weighted by molar-refractivity contribution is -0.293. The molecule has 3 heterocycles. The lowest BCUT2D eigenvalue weighted by Gasteiger charge is -2.45. The van der Waals surface area contributed by atoms with Crippen molar-refractivity contribution in [2.24, 2.45) is 0 Å². The zero-order chi connectivity index (χ0) is 28.6. The third-order valence-corrected chi connectivity index (χ3v) is 8.43. The number of aliphatic hydroxyl groups is 5. The summed E-state index contributed by atoms with van der Waals surface area (Å²) in [5.74, 6) is -0.483. The van der Waals surface area contributed by atoms with Crippen molar-refractivity contribution in [2.75, 3.05) is 27.3 Å². The van der Waals surface area contributed by atoms with Crippen molar-refractivity contribution >= 4 is 21.6 Å². The Balaban J connectivity index is 1.61. The summed E-state index contributed by atoms with van der Waals surface area (Å²) in [5, 5.41) is 52.9. The van der Waals surface area contributed by atoms with Crippen LogP contribution < -0.4 is 10.2 Å². The number of aliphatic hydroxyl groups excluding tert-OH is 5. The predicted molar refractivity (Wildman–Crippen MR) is 120 cm³/mol. The average Bonchev–Trinajstić information content (AvgIpc) is 3.07. The highest BCUT2D eigenvalue weighted by Gasteiger charge is 2.49. The predicted octanol–water partition coefficient (Wildman–Crippen LogP) is -4.16. The first-order chi connectivity index (χ1) is 17.6. The summed E-state index contributed by atoms with van der Waals surface area (Å²) in [4.78, 5) is 36.1. The van der Waals surface area contributed by atoms with E-state index in [4.69, 9.17) is 9.47 Å². The Hall–Kier alpha value is -1.31. The topological polar surface area (TPSA) is 260 Å². The quantitative estimate of drug-likeness (QED) is 0.119. The Morgan fingerprint density at radius 2 is 1.79 bits per heavy atom. The number of hydrogen-bond donors (Lipinski definition) is 7. The van der Waals surface area contributed by atoms with E-state index < -0.39 is 89.9 Å². The molecule has 0 aromatic carbocycles. The van der Waals surface area contributed by atoms with Crippen molar-refractivity contribution in [3.63, 3.8) is 0 Å². The van der Waals surface area contributed by atoms with E-state index >= 15 is 0 Å². The summed E-state index contributed by atoms with van der Waals surface area (Å²) in [6.07, 6.45) is -10.3. The maximum atomic E-state index is 12.3. The zero-order valence-corrected chi connectivity index (χ0v) is 21.9. The fourth-order valence-corrected chi connectivity index (χ4v) is 6.17. The number of hydrogen-bond acceptors (Lipinski definition) is 16. The summed E-state index contributed by atoms with van der Waals surface area (Å²) in [6, 6.07) is -1.15. The Kier molecular flexibility index (Phi) is 9.90. The molecule has 3 aliphatic rings. The van der Waals surface area contributed by atoms with Gasteiger partial charge in [0, 0.05) is 12.3 Å². The summed E-state index contributed by atoms with van der Waals surface area (Å²) in [6.45, 7) is 1.87. The van der Waals surface area contributed by atoms with Gasteiger partial charge in [0.05, 0.1) is 19.3 Å². The first-order valence-corrected chi connectivity index (χ1v) is 14.0. The molecular formula is C18H30N3O15P2-. The van der Waals surface area contributed by atoms with Gasteiger partial charge in [0.25, 0.3) is 13.7 Å². The van der Waals surface area contributed by atoms with Crippen LogP contribution in [-0.4, -0.2) is 129 Å². The number of nitrogens with zero attached hydrogens (tertiary/aromatic N) is 2. The standard InChI is InChI=1S/C18H31N3O15P2/c1-8-19-11(23)4-5-21(8)17-16(27)14(25)10(33-17)7-32-37(28,29)36-38(30,31)35-18-15(26)12(20(2)3)13(24)9(6-22)34-18/h4-5,9-10,12-18,22,24-27H,1,6-7H2,2-3H3,(H,19,23)(H,28,29)(H,30,31)/p-1/t9?,10-,12+,13-,14?,15?,16+,17-,18-/m1/s1. The molecule has 2 fully saturated rings. The van der Waals surface area contributed by atoms with Crippen LogP contribution >= 0.6 is 15.6 Å². The highest BCUT2D eigenvalue weighted by Crippen LogP contribution is 2.59. The summed E-state index contributed by atoms with van der Waals surface area (Å²) in [7, 11) is -8.31. The van der Waals surface area contributed by atoms with Crippen LogP contribution in [0.2, 0.25) is 0 Å². The SMILES string of the molecule is C=C1NC(=O)C=CN1[C@@H]1O[C@H](COP(=O)(O)OP(=O)([O-])O[C@H]2OC(CO)[C@@H](O)[C@H](N(C)C)C2O)C(O)[C@@H]1O. The average molecular weight is 590 g/mol. The van der Waals surface area contributed by atoms with E-state index in [1.165, 1.54) is 30.1 Å². The van der Waals surface area contributed by atoms with Gasteiger partial charge in [-0.25, -0.2) is 8.88 Å². The zero-order valence-electron chi connectivity index (χ0n) is 20.1. The van der Waals surface area contributed by atoms with Crippen molar-refractivity contribution in [2.45, 2.75) is 55.2 Å². The minimum atomic E-state index is -5.75. The molecule has 18 nitrogen and oxygen atoms in total. The van der Waals surface area contributed by atoms with Crippen LogP contribution in [0.15, 0.2) is 24.7 Å². The maximum Gasteiger partial charge on any atom is 0.478 e. The van der Waals surface area contributed by atoms with Gasteiger partial charge in [0.2, 0.25) is 0 Å². The molecule has 1 amide bonds. The lowest BCUT2D eigenvalue weighted by Crippen LogP contribution is -2.63. The first kappa shape index (κ1) is 31.2. The highest BCUT2D eigenvalue weighted by atomic mass is 31.3. The molecule has 0 aliphatic carbocycles. The molecule has 20 heteroatoms. The number of nitrogens with one attached hydrogen (secondary N) is 1. The molecular weight excluding hydrogens is 560 g/mol. The minimum Gasteiger partial charge on any atom is -0.756 e. The van der Waals surface area contributed by atoms with E-state index in [0.29, 0.717) is 0 Å². The number of amides is 1. The molecule has 0 aromatic rings. The second-order valence-electron chi connectivity index (χ2n) is 8.76. The van der Waals surface area contributed by atoms with Crippen LogP contribution in [-0.2, 0) is 36.8 Å². The summed E-state index contributed by atoms with van der Waals surface area (Å²) in [5.41, 5.74) is 0. The normalized spacial score (nSPS) is 39.2. The Labute approximate surface area is 216 Å².